The number of fused-ring (bicyclic) bond motifs is 1. The Labute approximate surface area is 210 Å². The minimum Gasteiger partial charge on any atom is -0.273 e. The molecule has 9 heteroatoms. The number of thioether (sulfide) groups is 1. The molecular formula is C26H21N5O2S2. The quantitative estimate of drug-likeness (QED) is 0.249. The summed E-state index contributed by atoms with van der Waals surface area (Å²) < 4.78 is 3.90. The van der Waals surface area contributed by atoms with Crippen LogP contribution in [0.2, 0.25) is 0 Å². The van der Waals surface area contributed by atoms with E-state index in [9.17, 15) is 9.59 Å². The Morgan fingerprint density at radius 1 is 0.886 bits per heavy atom. The van der Waals surface area contributed by atoms with Gasteiger partial charge in [-0.3, -0.25) is 20.4 Å². The van der Waals surface area contributed by atoms with Gasteiger partial charge in [0.05, 0.1) is 28.5 Å². The number of hydrazine groups is 1. The van der Waals surface area contributed by atoms with E-state index in [1.165, 1.54) is 4.70 Å². The van der Waals surface area contributed by atoms with E-state index in [1.54, 1.807) is 52.3 Å². The Hall–Kier alpha value is -3.95. The molecule has 3 aromatic carbocycles. The predicted octanol–water partition coefficient (Wildman–Crippen LogP) is 4.78. The van der Waals surface area contributed by atoms with Gasteiger partial charge in [-0.25, -0.2) is 9.67 Å². The Balaban J connectivity index is 1.10. The van der Waals surface area contributed by atoms with E-state index in [-0.39, 0.29) is 18.2 Å². The molecule has 0 aliphatic carbocycles. The molecule has 0 spiro atoms. The minimum atomic E-state index is -0.372. The number of benzene rings is 3. The summed E-state index contributed by atoms with van der Waals surface area (Å²) in [5.41, 5.74) is 9.16. The number of aromatic nitrogens is 3. The second kappa shape index (κ2) is 10.5. The molecule has 0 bridgehead atoms. The Kier molecular flexibility index (Phi) is 6.87. The molecule has 0 radical (unpaired) electrons. The Morgan fingerprint density at radius 2 is 1.66 bits per heavy atom. The van der Waals surface area contributed by atoms with Crippen molar-refractivity contribution >= 4 is 45.1 Å². The molecular weight excluding hydrogens is 478 g/mol. The van der Waals surface area contributed by atoms with Crippen molar-refractivity contribution in [2.45, 2.75) is 16.5 Å². The van der Waals surface area contributed by atoms with Gasteiger partial charge in [-0.05, 0) is 47.5 Å². The number of nitrogens with zero attached hydrogens (tertiary/aromatic N) is 3. The van der Waals surface area contributed by atoms with Crippen LogP contribution in [0, 0.1) is 0 Å². The van der Waals surface area contributed by atoms with Crippen molar-refractivity contribution in [1.29, 1.82) is 0 Å². The van der Waals surface area contributed by atoms with Crippen LogP contribution < -0.4 is 10.9 Å². The summed E-state index contributed by atoms with van der Waals surface area (Å²) in [5, 5.41) is 4.28. The minimum absolute atomic E-state index is 0.106. The van der Waals surface area contributed by atoms with E-state index in [2.05, 4.69) is 27.0 Å². The molecule has 0 fully saturated rings. The highest BCUT2D eigenvalue weighted by molar-refractivity contribution is 8.00. The number of carbonyl (C=O) groups excluding carboxylic acids is 2. The molecule has 2 aromatic heterocycles. The van der Waals surface area contributed by atoms with Gasteiger partial charge in [0.2, 0.25) is 5.91 Å². The lowest BCUT2D eigenvalue weighted by Gasteiger charge is -2.07. The van der Waals surface area contributed by atoms with E-state index >= 15 is 0 Å². The molecule has 0 aliphatic rings. The van der Waals surface area contributed by atoms with E-state index in [0.29, 0.717) is 5.56 Å². The summed E-state index contributed by atoms with van der Waals surface area (Å²) in [6.07, 6.45) is 3.54. The zero-order valence-corrected chi connectivity index (χ0v) is 20.2. The molecule has 2 N–H and O–H groups in total. The van der Waals surface area contributed by atoms with E-state index in [1.807, 2.05) is 60.7 Å². The zero-order valence-electron chi connectivity index (χ0n) is 18.5. The summed E-state index contributed by atoms with van der Waals surface area (Å²) in [6, 6.07) is 25.1. The van der Waals surface area contributed by atoms with E-state index in [4.69, 9.17) is 0 Å². The van der Waals surface area contributed by atoms with Gasteiger partial charge in [-0.2, -0.15) is 5.10 Å². The molecule has 35 heavy (non-hydrogen) atoms. The van der Waals surface area contributed by atoms with Crippen molar-refractivity contribution in [2.75, 3.05) is 0 Å². The number of para-hydroxylation sites is 2. The predicted molar refractivity (Wildman–Crippen MR) is 138 cm³/mol. The van der Waals surface area contributed by atoms with Gasteiger partial charge in [0, 0.05) is 17.5 Å². The maximum Gasteiger partial charge on any atom is 0.269 e. The van der Waals surface area contributed by atoms with Gasteiger partial charge in [-0.15, -0.1) is 11.3 Å². The average Bonchev–Trinajstić information content (AvgIpc) is 3.53. The first-order chi connectivity index (χ1) is 17.1. The van der Waals surface area contributed by atoms with Crippen LogP contribution in [-0.2, 0) is 17.0 Å². The monoisotopic (exact) mass is 499 g/mol. The SMILES string of the molecule is O=C(Cc1cnn(-c2ccccc2)c1)NNC(=O)c1ccc(CSc2nc3ccccc3s2)cc1. The number of nitrogens with one attached hydrogen (secondary N) is 2. The highest BCUT2D eigenvalue weighted by Gasteiger charge is 2.10. The third-order valence-corrected chi connectivity index (χ3v) is 7.44. The second-order valence-corrected chi connectivity index (χ2v) is 9.99. The molecule has 0 unspecified atom stereocenters. The van der Waals surface area contributed by atoms with Gasteiger partial charge in [-0.1, -0.05) is 54.2 Å². The van der Waals surface area contributed by atoms with Crippen molar-refractivity contribution < 1.29 is 9.59 Å². The van der Waals surface area contributed by atoms with Gasteiger partial charge in [0.1, 0.15) is 0 Å². The normalized spacial score (nSPS) is 10.9. The van der Waals surface area contributed by atoms with Crippen LogP contribution in [0.25, 0.3) is 15.9 Å². The number of thiazole rings is 1. The smallest absolute Gasteiger partial charge is 0.269 e. The van der Waals surface area contributed by atoms with Crippen molar-refractivity contribution in [3.8, 4) is 5.69 Å². The molecule has 0 aliphatic heterocycles. The average molecular weight is 500 g/mol. The molecule has 2 heterocycles. The summed E-state index contributed by atoms with van der Waals surface area (Å²) in [7, 11) is 0. The molecule has 0 atom stereocenters. The fraction of sp³-hybridized carbons (Fsp3) is 0.0769. The number of rotatable bonds is 7. The van der Waals surface area contributed by atoms with Crippen molar-refractivity contribution in [1.82, 2.24) is 25.6 Å². The lowest BCUT2D eigenvalue weighted by Crippen LogP contribution is -2.42. The van der Waals surface area contributed by atoms with Crippen molar-refractivity contribution in [3.63, 3.8) is 0 Å². The molecule has 0 saturated heterocycles. The van der Waals surface area contributed by atoms with Gasteiger partial charge in [0.15, 0.2) is 4.34 Å². The fourth-order valence-corrected chi connectivity index (χ4v) is 5.44. The lowest BCUT2D eigenvalue weighted by atomic mass is 10.1. The Bertz CT molecular complexity index is 1430. The fourth-order valence-electron chi connectivity index (χ4n) is 3.41. The van der Waals surface area contributed by atoms with Gasteiger partial charge < -0.3 is 0 Å². The third-order valence-electron chi connectivity index (χ3n) is 5.19. The third kappa shape index (κ3) is 5.76. The molecule has 5 rings (SSSR count). The van der Waals surface area contributed by atoms with Gasteiger partial charge >= 0.3 is 0 Å². The van der Waals surface area contributed by atoms with Crippen LogP contribution in [0.15, 0.2) is 95.6 Å². The topological polar surface area (TPSA) is 88.9 Å². The number of hydrogen-bond acceptors (Lipinski definition) is 6. The van der Waals surface area contributed by atoms with Crippen LogP contribution >= 0.6 is 23.1 Å². The van der Waals surface area contributed by atoms with Crippen LogP contribution in [0.3, 0.4) is 0 Å². The molecule has 5 aromatic rings. The van der Waals surface area contributed by atoms with E-state index in [0.717, 1.165) is 32.4 Å². The number of hydrogen-bond donors (Lipinski definition) is 2. The maximum absolute atomic E-state index is 12.4. The first kappa shape index (κ1) is 22.8. The Morgan fingerprint density at radius 3 is 2.46 bits per heavy atom. The molecule has 0 saturated carbocycles. The van der Waals surface area contributed by atoms with Crippen molar-refractivity contribution in [3.05, 3.63) is 108 Å². The first-order valence-electron chi connectivity index (χ1n) is 10.9. The zero-order chi connectivity index (χ0) is 24.0. The largest absolute Gasteiger partial charge is 0.273 e. The summed E-state index contributed by atoms with van der Waals surface area (Å²) in [4.78, 5) is 29.3. The lowest BCUT2D eigenvalue weighted by molar-refractivity contribution is -0.121. The summed E-state index contributed by atoms with van der Waals surface area (Å²) in [6.45, 7) is 0. The maximum atomic E-state index is 12.4. The molecule has 7 nitrogen and oxygen atoms in total. The van der Waals surface area contributed by atoms with E-state index < -0.39 is 0 Å². The summed E-state index contributed by atoms with van der Waals surface area (Å²) >= 11 is 3.35. The molecule has 174 valence electrons. The van der Waals surface area contributed by atoms with Crippen LogP contribution in [-0.4, -0.2) is 26.6 Å². The second-order valence-electron chi connectivity index (χ2n) is 7.74. The van der Waals surface area contributed by atoms with Crippen molar-refractivity contribution in [2.24, 2.45) is 0 Å². The molecule has 2 amide bonds. The standard InChI is InChI=1S/C26H21N5O2S2/c32-24(14-19-15-27-31(16-19)21-6-2-1-3-7-21)29-30-25(33)20-12-10-18(11-13-20)17-34-26-28-22-8-4-5-9-23(22)35-26/h1-13,15-16H,14,17H2,(H,29,32)(H,30,33). The van der Waals surface area contributed by atoms with Gasteiger partial charge in [0.25, 0.3) is 5.91 Å². The van der Waals surface area contributed by atoms with Crippen LogP contribution in [0.1, 0.15) is 21.5 Å². The van der Waals surface area contributed by atoms with Crippen LogP contribution in [0.5, 0.6) is 0 Å². The number of carbonyl (C=O) groups is 2. The summed E-state index contributed by atoms with van der Waals surface area (Å²) in [5.74, 6) is 0.0632. The van der Waals surface area contributed by atoms with Crippen LogP contribution in [0.4, 0.5) is 0 Å². The number of amides is 2. The highest BCUT2D eigenvalue weighted by atomic mass is 32.2. The highest BCUT2D eigenvalue weighted by Crippen LogP contribution is 2.31. The first-order valence-corrected chi connectivity index (χ1v) is 12.7.